The summed E-state index contributed by atoms with van der Waals surface area (Å²) in [6, 6.07) is 13.9. The van der Waals surface area contributed by atoms with E-state index in [0.717, 1.165) is 54.3 Å². The van der Waals surface area contributed by atoms with E-state index in [1.165, 1.54) is 12.0 Å². The van der Waals surface area contributed by atoms with Crippen LogP contribution in [0.15, 0.2) is 65.5 Å². The Labute approximate surface area is 201 Å². The van der Waals surface area contributed by atoms with Crippen LogP contribution in [0.2, 0.25) is 0 Å². The fraction of sp³-hybridized carbons (Fsp3) is 0.333. The number of ether oxygens (including phenoxy) is 2. The van der Waals surface area contributed by atoms with Gasteiger partial charge in [0.1, 0.15) is 0 Å². The summed E-state index contributed by atoms with van der Waals surface area (Å²) in [6.07, 6.45) is 9.12. The second kappa shape index (κ2) is 13.2. The van der Waals surface area contributed by atoms with Crippen molar-refractivity contribution in [2.24, 2.45) is 0 Å². The Bertz CT molecular complexity index is 1050. The molecule has 0 aliphatic heterocycles. The molecule has 1 N–H and O–H groups in total. The first-order chi connectivity index (χ1) is 16.6. The molecule has 180 valence electrons. The van der Waals surface area contributed by atoms with Crippen LogP contribution < -0.4 is 14.8 Å². The highest BCUT2D eigenvalue weighted by Crippen LogP contribution is 2.27. The Morgan fingerprint density at radius 3 is 2.59 bits per heavy atom. The topological polar surface area (TPSA) is 76.8 Å². The number of benzene rings is 2. The first-order valence-electron chi connectivity index (χ1n) is 11.4. The fourth-order valence-electron chi connectivity index (χ4n) is 3.54. The number of nitrogens with one attached hydrogen (secondary N) is 1. The van der Waals surface area contributed by atoms with E-state index in [1.807, 2.05) is 48.6 Å². The summed E-state index contributed by atoms with van der Waals surface area (Å²) in [7, 11) is 5.38. The molecule has 0 radical (unpaired) electrons. The second-order valence-corrected chi connectivity index (χ2v) is 8.04. The summed E-state index contributed by atoms with van der Waals surface area (Å²) >= 11 is 0. The lowest BCUT2D eigenvalue weighted by Crippen LogP contribution is -2.28. The van der Waals surface area contributed by atoms with E-state index < -0.39 is 0 Å². The molecule has 7 nitrogen and oxygen atoms in total. The number of hydrogen-bond acceptors (Lipinski definition) is 6. The van der Waals surface area contributed by atoms with Gasteiger partial charge in [0, 0.05) is 25.1 Å². The van der Waals surface area contributed by atoms with Crippen molar-refractivity contribution < 1.29 is 18.7 Å². The highest BCUT2D eigenvalue weighted by molar-refractivity contribution is 5.78. The molecule has 1 amide bonds. The third-order valence-electron chi connectivity index (χ3n) is 5.51. The van der Waals surface area contributed by atoms with Crippen LogP contribution in [0.5, 0.6) is 11.5 Å². The lowest BCUT2D eigenvalue weighted by molar-refractivity contribution is -0.120. The van der Waals surface area contributed by atoms with Crippen molar-refractivity contribution >= 4 is 12.0 Å². The van der Waals surface area contributed by atoms with Gasteiger partial charge < -0.3 is 24.1 Å². The molecule has 1 heterocycles. The smallest absolute Gasteiger partial charge is 0.223 e. The van der Waals surface area contributed by atoms with Crippen molar-refractivity contribution in [3.05, 3.63) is 72.3 Å². The van der Waals surface area contributed by atoms with E-state index in [-0.39, 0.29) is 5.91 Å². The predicted molar refractivity (Wildman–Crippen MR) is 134 cm³/mol. The second-order valence-electron chi connectivity index (χ2n) is 8.04. The van der Waals surface area contributed by atoms with Crippen LogP contribution in [0.3, 0.4) is 0 Å². The molecule has 0 fully saturated rings. The van der Waals surface area contributed by atoms with Crippen LogP contribution in [-0.2, 0) is 11.2 Å². The van der Waals surface area contributed by atoms with Crippen LogP contribution in [0, 0.1) is 0 Å². The van der Waals surface area contributed by atoms with Gasteiger partial charge in [0.25, 0.3) is 0 Å². The van der Waals surface area contributed by atoms with Crippen molar-refractivity contribution in [3.63, 3.8) is 0 Å². The van der Waals surface area contributed by atoms with Crippen molar-refractivity contribution in [2.45, 2.75) is 19.3 Å². The van der Waals surface area contributed by atoms with Crippen LogP contribution >= 0.6 is 0 Å². The van der Waals surface area contributed by atoms with Gasteiger partial charge in [0.2, 0.25) is 5.91 Å². The first kappa shape index (κ1) is 25.1. The number of carbonyl (C=O) groups excluding carboxylic acids is 1. The molecule has 0 unspecified atom stereocenters. The number of likely N-dealkylation sites (N-methyl/N-ethyl adjacent to an activating group) is 1. The molecule has 0 aliphatic carbocycles. The molecular weight excluding hydrogens is 430 g/mol. The molecule has 34 heavy (non-hydrogen) atoms. The summed E-state index contributed by atoms with van der Waals surface area (Å²) in [5.41, 5.74) is 3.21. The van der Waals surface area contributed by atoms with E-state index in [1.54, 1.807) is 20.4 Å². The zero-order chi connectivity index (χ0) is 24.2. The number of rotatable bonds is 13. The third-order valence-corrected chi connectivity index (χ3v) is 5.51. The van der Waals surface area contributed by atoms with Crippen molar-refractivity contribution in [3.8, 4) is 22.8 Å². The molecule has 0 bridgehead atoms. The zero-order valence-electron chi connectivity index (χ0n) is 20.1. The van der Waals surface area contributed by atoms with Crippen LogP contribution in [0.4, 0.5) is 0 Å². The monoisotopic (exact) mass is 463 g/mol. The predicted octanol–water partition coefficient (Wildman–Crippen LogP) is 4.44. The molecule has 0 aliphatic rings. The largest absolute Gasteiger partial charge is 0.493 e. The molecule has 0 atom stereocenters. The summed E-state index contributed by atoms with van der Waals surface area (Å²) < 4.78 is 15.9. The molecule has 3 aromatic rings. The maximum absolute atomic E-state index is 12.1. The SMILES string of the molecule is COc1ccc(CCN(C)CCCNC(=O)CC=Cc2ccc(-c3cnco3)cc2)cc1OC. The van der Waals surface area contributed by atoms with Gasteiger partial charge in [-0.15, -0.1) is 0 Å². The minimum atomic E-state index is 0.0301. The van der Waals surface area contributed by atoms with Gasteiger partial charge in [-0.3, -0.25) is 4.79 Å². The Morgan fingerprint density at radius 1 is 1.09 bits per heavy atom. The van der Waals surface area contributed by atoms with Gasteiger partial charge >= 0.3 is 0 Å². The molecule has 7 heteroatoms. The highest BCUT2D eigenvalue weighted by atomic mass is 16.5. The summed E-state index contributed by atoms with van der Waals surface area (Å²) in [4.78, 5) is 18.3. The molecule has 2 aromatic carbocycles. The maximum Gasteiger partial charge on any atom is 0.223 e. The zero-order valence-corrected chi connectivity index (χ0v) is 20.1. The van der Waals surface area contributed by atoms with Gasteiger partial charge in [-0.05, 0) is 49.7 Å². The molecule has 3 rings (SSSR count). The van der Waals surface area contributed by atoms with Crippen molar-refractivity contribution in [1.29, 1.82) is 0 Å². The number of nitrogens with zero attached hydrogens (tertiary/aromatic N) is 2. The van der Waals surface area contributed by atoms with Gasteiger partial charge in [0.15, 0.2) is 23.7 Å². The molecule has 0 saturated heterocycles. The average molecular weight is 464 g/mol. The number of aromatic nitrogens is 1. The molecule has 1 aromatic heterocycles. The quantitative estimate of drug-likeness (QED) is 0.378. The number of methoxy groups -OCH3 is 2. The average Bonchev–Trinajstić information content (AvgIpc) is 3.40. The van der Waals surface area contributed by atoms with Crippen molar-refractivity contribution in [2.75, 3.05) is 40.9 Å². The number of oxazole rings is 1. The Hall–Kier alpha value is -3.58. The first-order valence-corrected chi connectivity index (χ1v) is 11.4. The van der Waals surface area contributed by atoms with Gasteiger partial charge in [0.05, 0.1) is 20.4 Å². The Balaban J connectivity index is 1.30. The summed E-state index contributed by atoms with van der Waals surface area (Å²) in [5, 5.41) is 2.99. The third kappa shape index (κ3) is 7.78. The molecular formula is C27H33N3O4. The van der Waals surface area contributed by atoms with Crippen LogP contribution in [0.25, 0.3) is 17.4 Å². The Morgan fingerprint density at radius 2 is 1.88 bits per heavy atom. The molecule has 0 saturated carbocycles. The lowest BCUT2D eigenvalue weighted by atomic mass is 10.1. The van der Waals surface area contributed by atoms with Gasteiger partial charge in [-0.1, -0.05) is 42.5 Å². The standard InChI is InChI=1S/C27H33N3O4/c1-30(17-14-22-10-13-24(32-2)25(18-22)33-3)16-5-15-29-27(31)7-4-6-21-8-11-23(12-9-21)26-19-28-20-34-26/h4,6,8-13,18-20H,5,7,14-17H2,1-3H3,(H,29,31). The van der Waals surface area contributed by atoms with Crippen LogP contribution in [0.1, 0.15) is 24.0 Å². The van der Waals surface area contributed by atoms with Crippen LogP contribution in [-0.4, -0.2) is 56.7 Å². The van der Waals surface area contributed by atoms with E-state index in [4.69, 9.17) is 13.9 Å². The van der Waals surface area contributed by atoms with Gasteiger partial charge in [-0.2, -0.15) is 0 Å². The van der Waals surface area contributed by atoms with E-state index in [0.29, 0.717) is 13.0 Å². The number of amides is 1. The van der Waals surface area contributed by atoms with E-state index in [2.05, 4.69) is 28.3 Å². The van der Waals surface area contributed by atoms with E-state index >= 15 is 0 Å². The normalized spacial score (nSPS) is 11.2. The highest BCUT2D eigenvalue weighted by Gasteiger charge is 2.06. The van der Waals surface area contributed by atoms with E-state index in [9.17, 15) is 4.79 Å². The maximum atomic E-state index is 12.1. The van der Waals surface area contributed by atoms with Gasteiger partial charge in [-0.25, -0.2) is 4.98 Å². The summed E-state index contributed by atoms with van der Waals surface area (Å²) in [5.74, 6) is 2.26. The number of carbonyl (C=O) groups is 1. The van der Waals surface area contributed by atoms with Crippen molar-refractivity contribution in [1.82, 2.24) is 15.2 Å². The fourth-order valence-corrected chi connectivity index (χ4v) is 3.54. The number of hydrogen-bond donors (Lipinski definition) is 1. The summed E-state index contributed by atoms with van der Waals surface area (Å²) in [6.45, 7) is 2.52. The molecule has 0 spiro atoms. The lowest BCUT2D eigenvalue weighted by Gasteiger charge is -2.17. The minimum absolute atomic E-state index is 0.0301. The minimum Gasteiger partial charge on any atom is -0.493 e. The Kier molecular flexibility index (Phi) is 9.73.